The van der Waals surface area contributed by atoms with E-state index in [0.29, 0.717) is 6.04 Å². The molecular formula is C27H39N. The van der Waals surface area contributed by atoms with Crippen LogP contribution in [0, 0.1) is 29.6 Å². The van der Waals surface area contributed by atoms with Gasteiger partial charge >= 0.3 is 0 Å². The molecule has 1 N–H and O–H groups in total. The van der Waals surface area contributed by atoms with Crippen molar-refractivity contribution in [3.63, 3.8) is 0 Å². The van der Waals surface area contributed by atoms with Gasteiger partial charge in [0.05, 0.1) is 0 Å². The Morgan fingerprint density at radius 1 is 0.929 bits per heavy atom. The average Bonchev–Trinajstić information content (AvgIpc) is 2.69. The van der Waals surface area contributed by atoms with Gasteiger partial charge in [-0.3, -0.25) is 0 Å². The minimum Gasteiger partial charge on any atom is -0.386 e. The van der Waals surface area contributed by atoms with Gasteiger partial charge in [0.25, 0.3) is 0 Å². The highest BCUT2D eigenvalue weighted by Gasteiger charge is 2.48. The molecule has 5 aliphatic carbocycles. The van der Waals surface area contributed by atoms with E-state index >= 15 is 0 Å². The smallest absolute Gasteiger partial charge is 0.0258 e. The van der Waals surface area contributed by atoms with Crippen molar-refractivity contribution in [1.82, 2.24) is 5.32 Å². The summed E-state index contributed by atoms with van der Waals surface area (Å²) in [5.41, 5.74) is 4.24. The summed E-state index contributed by atoms with van der Waals surface area (Å²) in [5.74, 6) is 5.79. The molecule has 5 saturated carbocycles. The summed E-state index contributed by atoms with van der Waals surface area (Å²) < 4.78 is 0. The Morgan fingerprint density at radius 3 is 2.14 bits per heavy atom. The maximum absolute atomic E-state index is 4.35. The van der Waals surface area contributed by atoms with Crippen LogP contribution >= 0.6 is 0 Å². The standard InChI is InChI=1S/C27H39N/c1-18(28-19(2)23-6-4-3-5-7-23)12-20-8-10-24(11-9-20)27-25-14-21-13-22(16-25)17-26(27)15-21/h8-11,19,21-23,25-28H,1,3-7,12-17H2,2H3. The van der Waals surface area contributed by atoms with Crippen LogP contribution in [0.15, 0.2) is 36.5 Å². The van der Waals surface area contributed by atoms with E-state index < -0.39 is 0 Å². The lowest BCUT2D eigenvalue weighted by Gasteiger charge is -2.54. The van der Waals surface area contributed by atoms with Gasteiger partial charge in [-0.05, 0) is 98.5 Å². The molecule has 5 aliphatic rings. The van der Waals surface area contributed by atoms with Crippen molar-refractivity contribution in [1.29, 1.82) is 0 Å². The Bertz CT molecular complexity index is 653. The van der Waals surface area contributed by atoms with E-state index in [1.807, 2.05) is 0 Å². The number of nitrogens with one attached hydrogen (secondary N) is 1. The molecule has 0 aliphatic heterocycles. The Morgan fingerprint density at radius 2 is 1.54 bits per heavy atom. The molecule has 0 aromatic heterocycles. The zero-order valence-corrected chi connectivity index (χ0v) is 17.8. The normalized spacial score (nSPS) is 35.7. The number of hydrogen-bond donors (Lipinski definition) is 1. The Kier molecular flexibility index (Phi) is 5.28. The molecule has 0 heterocycles. The summed E-state index contributed by atoms with van der Waals surface area (Å²) in [5, 5.41) is 3.72. The molecule has 1 aromatic carbocycles. The largest absolute Gasteiger partial charge is 0.386 e. The van der Waals surface area contributed by atoms with Gasteiger partial charge < -0.3 is 5.32 Å². The summed E-state index contributed by atoms with van der Waals surface area (Å²) in [4.78, 5) is 0. The monoisotopic (exact) mass is 377 g/mol. The third-order valence-corrected chi connectivity index (χ3v) is 8.80. The van der Waals surface area contributed by atoms with E-state index in [-0.39, 0.29) is 0 Å². The molecule has 0 saturated heterocycles. The average molecular weight is 378 g/mol. The summed E-state index contributed by atoms with van der Waals surface area (Å²) in [6, 6.07) is 10.3. The van der Waals surface area contributed by atoms with Gasteiger partial charge in [-0.2, -0.15) is 0 Å². The summed E-state index contributed by atoms with van der Waals surface area (Å²) >= 11 is 0. The van der Waals surface area contributed by atoms with Gasteiger partial charge in [0.2, 0.25) is 0 Å². The van der Waals surface area contributed by atoms with Gasteiger partial charge in [-0.15, -0.1) is 0 Å². The molecule has 1 unspecified atom stereocenters. The molecule has 1 atom stereocenters. The van der Waals surface area contributed by atoms with Gasteiger partial charge in [0.1, 0.15) is 0 Å². The number of rotatable bonds is 6. The van der Waals surface area contributed by atoms with Gasteiger partial charge in [-0.25, -0.2) is 0 Å². The van der Waals surface area contributed by atoms with Crippen molar-refractivity contribution in [2.45, 2.75) is 89.5 Å². The first-order valence-corrected chi connectivity index (χ1v) is 12.2. The van der Waals surface area contributed by atoms with Crippen molar-refractivity contribution in [3.05, 3.63) is 47.7 Å². The number of hydrogen-bond acceptors (Lipinski definition) is 1. The molecule has 152 valence electrons. The van der Waals surface area contributed by atoms with Crippen molar-refractivity contribution in [3.8, 4) is 0 Å². The lowest BCUT2D eigenvalue weighted by Crippen LogP contribution is -2.43. The Labute approximate surface area is 172 Å². The molecule has 1 aromatic rings. The second-order valence-corrected chi connectivity index (χ2v) is 10.8. The molecule has 0 spiro atoms. The third-order valence-electron chi connectivity index (χ3n) is 8.80. The van der Waals surface area contributed by atoms with Gasteiger partial charge in [0.15, 0.2) is 0 Å². The van der Waals surface area contributed by atoms with E-state index in [0.717, 1.165) is 41.9 Å². The summed E-state index contributed by atoms with van der Waals surface area (Å²) in [7, 11) is 0. The van der Waals surface area contributed by atoms with Crippen molar-refractivity contribution in [2.24, 2.45) is 29.6 Å². The molecule has 1 heteroatoms. The van der Waals surface area contributed by atoms with Crippen LogP contribution in [0.2, 0.25) is 0 Å². The van der Waals surface area contributed by atoms with Crippen LogP contribution in [0.4, 0.5) is 0 Å². The van der Waals surface area contributed by atoms with Gasteiger partial charge in [0, 0.05) is 18.2 Å². The number of allylic oxidation sites excluding steroid dienone is 1. The molecule has 6 rings (SSSR count). The van der Waals surface area contributed by atoms with Crippen LogP contribution < -0.4 is 5.32 Å². The van der Waals surface area contributed by atoms with E-state index in [1.165, 1.54) is 69.0 Å². The molecule has 0 radical (unpaired) electrons. The first kappa shape index (κ1) is 18.8. The van der Waals surface area contributed by atoms with Crippen molar-refractivity contribution < 1.29 is 0 Å². The second-order valence-electron chi connectivity index (χ2n) is 10.8. The Balaban J connectivity index is 1.18. The van der Waals surface area contributed by atoms with Crippen molar-refractivity contribution in [2.75, 3.05) is 0 Å². The van der Waals surface area contributed by atoms with E-state index in [2.05, 4.69) is 43.1 Å². The Hall–Kier alpha value is -1.24. The van der Waals surface area contributed by atoms with Crippen LogP contribution in [-0.4, -0.2) is 6.04 Å². The van der Waals surface area contributed by atoms with Crippen LogP contribution in [0.1, 0.15) is 88.2 Å². The zero-order valence-electron chi connectivity index (χ0n) is 17.8. The zero-order chi connectivity index (χ0) is 19.1. The van der Waals surface area contributed by atoms with Gasteiger partial charge in [-0.1, -0.05) is 50.1 Å². The maximum atomic E-state index is 4.35. The third kappa shape index (κ3) is 3.79. The lowest BCUT2D eigenvalue weighted by molar-refractivity contribution is -0.00278. The molecule has 0 amide bonds. The fraction of sp³-hybridized carbons (Fsp3) is 0.704. The molecule has 5 fully saturated rings. The second kappa shape index (κ2) is 7.88. The highest BCUT2D eigenvalue weighted by atomic mass is 14.9. The number of benzene rings is 1. The summed E-state index contributed by atoms with van der Waals surface area (Å²) in [6.45, 7) is 6.70. The van der Waals surface area contributed by atoms with Crippen LogP contribution in [0.25, 0.3) is 0 Å². The first-order chi connectivity index (χ1) is 13.7. The predicted octanol–water partition coefficient (Wildman–Crippen LogP) is 6.84. The van der Waals surface area contributed by atoms with Crippen LogP contribution in [0.5, 0.6) is 0 Å². The summed E-state index contributed by atoms with van der Waals surface area (Å²) in [6.07, 6.45) is 15.6. The quantitative estimate of drug-likeness (QED) is 0.572. The highest BCUT2D eigenvalue weighted by molar-refractivity contribution is 5.30. The molecule has 1 nitrogen and oxygen atoms in total. The molecular weight excluding hydrogens is 338 g/mol. The minimum atomic E-state index is 0.570. The highest BCUT2D eigenvalue weighted by Crippen LogP contribution is 2.59. The van der Waals surface area contributed by atoms with E-state index in [1.54, 1.807) is 12.0 Å². The maximum Gasteiger partial charge on any atom is 0.0258 e. The van der Waals surface area contributed by atoms with E-state index in [4.69, 9.17) is 0 Å². The van der Waals surface area contributed by atoms with Crippen LogP contribution in [-0.2, 0) is 6.42 Å². The van der Waals surface area contributed by atoms with Crippen LogP contribution in [0.3, 0.4) is 0 Å². The topological polar surface area (TPSA) is 12.0 Å². The lowest BCUT2D eigenvalue weighted by atomic mass is 9.51. The first-order valence-electron chi connectivity index (χ1n) is 12.2. The van der Waals surface area contributed by atoms with E-state index in [9.17, 15) is 0 Å². The minimum absolute atomic E-state index is 0.570. The molecule has 28 heavy (non-hydrogen) atoms. The fourth-order valence-electron chi connectivity index (χ4n) is 7.70. The SMILES string of the molecule is C=C(Cc1ccc(C2C3CC4CC(C3)CC2C4)cc1)NC(C)C1CCCCC1. The fourth-order valence-corrected chi connectivity index (χ4v) is 7.70. The van der Waals surface area contributed by atoms with Crippen molar-refractivity contribution >= 4 is 0 Å². The molecule has 4 bridgehead atoms. The predicted molar refractivity (Wildman–Crippen MR) is 118 cm³/mol.